The van der Waals surface area contributed by atoms with Crippen LogP contribution >= 0.6 is 0 Å². The van der Waals surface area contributed by atoms with Crippen LogP contribution in [0.1, 0.15) is 49.0 Å². The Kier molecular flexibility index (Phi) is 4.85. The van der Waals surface area contributed by atoms with Gasteiger partial charge < -0.3 is 14.3 Å². The SMILES string of the molecule is CCOC(=O)c1c(-c2cc3ccccc3[nH]2)n(C2CCCC2)c2ccc(F)cc2c1=O. The predicted molar refractivity (Wildman–Crippen MR) is 119 cm³/mol. The molecule has 0 unspecified atom stereocenters. The predicted octanol–water partition coefficient (Wildman–Crippen LogP) is 5.58. The highest BCUT2D eigenvalue weighted by Crippen LogP contribution is 2.38. The number of carbonyl (C=O) groups is 1. The van der Waals surface area contributed by atoms with E-state index in [4.69, 9.17) is 4.74 Å². The molecule has 2 aromatic heterocycles. The largest absolute Gasteiger partial charge is 0.462 e. The fraction of sp³-hybridized carbons (Fsp3) is 0.280. The molecule has 0 radical (unpaired) electrons. The van der Waals surface area contributed by atoms with Crippen LogP contribution in [0.25, 0.3) is 33.2 Å². The second-order valence-electron chi connectivity index (χ2n) is 8.01. The van der Waals surface area contributed by atoms with Crippen molar-refractivity contribution < 1.29 is 13.9 Å². The molecule has 158 valence electrons. The number of benzene rings is 2. The van der Waals surface area contributed by atoms with Crippen LogP contribution in [-0.4, -0.2) is 22.1 Å². The summed E-state index contributed by atoms with van der Waals surface area (Å²) in [7, 11) is 0. The van der Waals surface area contributed by atoms with Gasteiger partial charge in [0.25, 0.3) is 0 Å². The molecule has 2 aromatic carbocycles. The van der Waals surface area contributed by atoms with Gasteiger partial charge >= 0.3 is 5.97 Å². The number of rotatable bonds is 4. The molecule has 0 aliphatic heterocycles. The quantitative estimate of drug-likeness (QED) is 0.440. The molecule has 0 bridgehead atoms. The highest BCUT2D eigenvalue weighted by molar-refractivity contribution is 6.01. The average molecular weight is 418 g/mol. The molecular formula is C25H23FN2O3. The Hall–Kier alpha value is -3.41. The van der Waals surface area contributed by atoms with Crippen molar-refractivity contribution >= 4 is 27.8 Å². The number of nitrogens with zero attached hydrogens (tertiary/aromatic N) is 1. The Bertz CT molecular complexity index is 1330. The maximum Gasteiger partial charge on any atom is 0.344 e. The van der Waals surface area contributed by atoms with Crippen molar-refractivity contribution in [2.75, 3.05) is 6.61 Å². The summed E-state index contributed by atoms with van der Waals surface area (Å²) in [6.45, 7) is 1.85. The van der Waals surface area contributed by atoms with Crippen LogP contribution in [0.4, 0.5) is 4.39 Å². The second kappa shape index (κ2) is 7.69. The molecule has 1 aliphatic rings. The van der Waals surface area contributed by atoms with Gasteiger partial charge in [0, 0.05) is 22.3 Å². The number of esters is 1. The summed E-state index contributed by atoms with van der Waals surface area (Å²) in [5, 5.41) is 1.19. The maximum absolute atomic E-state index is 14.1. The molecule has 2 heterocycles. The number of carbonyl (C=O) groups excluding carboxylic acids is 1. The molecule has 0 amide bonds. The molecule has 1 N–H and O–H groups in total. The zero-order valence-corrected chi connectivity index (χ0v) is 17.3. The number of hydrogen-bond donors (Lipinski definition) is 1. The molecule has 1 saturated carbocycles. The number of pyridine rings is 1. The number of ether oxygens (including phenoxy) is 1. The smallest absolute Gasteiger partial charge is 0.344 e. The second-order valence-corrected chi connectivity index (χ2v) is 8.01. The number of hydrogen-bond acceptors (Lipinski definition) is 3. The summed E-state index contributed by atoms with van der Waals surface area (Å²) < 4.78 is 21.4. The van der Waals surface area contributed by atoms with E-state index in [1.807, 2.05) is 30.3 Å². The Morgan fingerprint density at radius 2 is 1.94 bits per heavy atom. The van der Waals surface area contributed by atoms with Gasteiger partial charge in [-0.2, -0.15) is 0 Å². The van der Waals surface area contributed by atoms with Crippen molar-refractivity contribution in [3.8, 4) is 11.4 Å². The van der Waals surface area contributed by atoms with Crippen molar-refractivity contribution in [2.45, 2.75) is 38.6 Å². The lowest BCUT2D eigenvalue weighted by Gasteiger charge is -2.24. The van der Waals surface area contributed by atoms with Crippen LogP contribution in [0.2, 0.25) is 0 Å². The number of fused-ring (bicyclic) bond motifs is 2. The van der Waals surface area contributed by atoms with Gasteiger partial charge in [-0.1, -0.05) is 31.0 Å². The molecule has 1 aliphatic carbocycles. The van der Waals surface area contributed by atoms with Crippen molar-refractivity contribution in [3.63, 3.8) is 0 Å². The summed E-state index contributed by atoms with van der Waals surface area (Å²) in [5.74, 6) is -1.19. The normalized spacial score (nSPS) is 14.5. The van der Waals surface area contributed by atoms with Crippen LogP contribution in [0.3, 0.4) is 0 Å². The number of aromatic amines is 1. The van der Waals surface area contributed by atoms with Crippen LogP contribution in [0.5, 0.6) is 0 Å². The minimum Gasteiger partial charge on any atom is -0.462 e. The summed E-state index contributed by atoms with van der Waals surface area (Å²) in [5.41, 5.74) is 2.20. The zero-order chi connectivity index (χ0) is 21.5. The minimum atomic E-state index is -0.681. The first-order valence-corrected chi connectivity index (χ1v) is 10.7. The molecule has 5 rings (SSSR count). The third-order valence-electron chi connectivity index (χ3n) is 6.12. The lowest BCUT2D eigenvalue weighted by Crippen LogP contribution is -2.25. The first-order valence-electron chi connectivity index (χ1n) is 10.7. The van der Waals surface area contributed by atoms with Crippen LogP contribution in [-0.2, 0) is 4.74 Å². The number of H-pyrrole nitrogens is 1. The van der Waals surface area contributed by atoms with Crippen LogP contribution < -0.4 is 5.43 Å². The highest BCUT2D eigenvalue weighted by Gasteiger charge is 2.30. The molecule has 0 atom stereocenters. The first kappa shape index (κ1) is 19.5. The van der Waals surface area contributed by atoms with E-state index in [1.54, 1.807) is 13.0 Å². The monoisotopic (exact) mass is 418 g/mol. The Labute approximate surface area is 178 Å². The molecule has 0 saturated heterocycles. The summed E-state index contributed by atoms with van der Waals surface area (Å²) in [6.07, 6.45) is 4.01. The van der Waals surface area contributed by atoms with E-state index < -0.39 is 17.2 Å². The van der Waals surface area contributed by atoms with E-state index in [-0.39, 0.29) is 23.6 Å². The number of halogens is 1. The van der Waals surface area contributed by atoms with Crippen LogP contribution in [0, 0.1) is 5.82 Å². The van der Waals surface area contributed by atoms with E-state index in [0.717, 1.165) is 36.6 Å². The number of para-hydroxylation sites is 1. The fourth-order valence-electron chi connectivity index (χ4n) is 4.78. The van der Waals surface area contributed by atoms with E-state index in [9.17, 15) is 14.0 Å². The number of nitrogens with one attached hydrogen (secondary N) is 1. The Morgan fingerprint density at radius 1 is 1.16 bits per heavy atom. The van der Waals surface area contributed by atoms with E-state index in [0.29, 0.717) is 16.9 Å². The molecule has 0 spiro atoms. The van der Waals surface area contributed by atoms with Gasteiger partial charge in [-0.3, -0.25) is 4.79 Å². The van der Waals surface area contributed by atoms with Crippen LogP contribution in [0.15, 0.2) is 53.3 Å². The highest BCUT2D eigenvalue weighted by atomic mass is 19.1. The minimum absolute atomic E-state index is 0.0431. The maximum atomic E-state index is 14.1. The van der Waals surface area contributed by atoms with Gasteiger partial charge in [-0.05, 0) is 50.1 Å². The Morgan fingerprint density at radius 3 is 2.68 bits per heavy atom. The van der Waals surface area contributed by atoms with Gasteiger partial charge in [0.05, 0.1) is 23.5 Å². The topological polar surface area (TPSA) is 64.1 Å². The van der Waals surface area contributed by atoms with Crippen molar-refractivity contribution in [1.82, 2.24) is 9.55 Å². The summed E-state index contributed by atoms with van der Waals surface area (Å²) in [6, 6.07) is 14.1. The first-order chi connectivity index (χ1) is 15.1. The standard InChI is InChI=1S/C25H23FN2O3/c1-2-31-25(30)22-23(20-13-15-7-3-6-10-19(15)27-20)28(17-8-4-5-9-17)21-12-11-16(26)14-18(21)24(22)29/h3,6-7,10-14,17,27H,2,4-5,8-9H2,1H3. The third-order valence-corrected chi connectivity index (χ3v) is 6.12. The molecule has 1 fully saturated rings. The fourth-order valence-corrected chi connectivity index (χ4v) is 4.78. The molecule has 5 nitrogen and oxygen atoms in total. The van der Waals surface area contributed by atoms with E-state index in [2.05, 4.69) is 9.55 Å². The van der Waals surface area contributed by atoms with Gasteiger partial charge in [0.2, 0.25) is 5.43 Å². The van der Waals surface area contributed by atoms with Crippen molar-refractivity contribution in [3.05, 3.63) is 70.1 Å². The molecule has 4 aromatic rings. The van der Waals surface area contributed by atoms with Crippen molar-refractivity contribution in [2.24, 2.45) is 0 Å². The zero-order valence-electron chi connectivity index (χ0n) is 17.3. The van der Waals surface area contributed by atoms with Gasteiger partial charge in [0.1, 0.15) is 11.4 Å². The molecule has 31 heavy (non-hydrogen) atoms. The molecule has 6 heteroatoms. The lowest BCUT2D eigenvalue weighted by molar-refractivity contribution is 0.0525. The van der Waals surface area contributed by atoms with E-state index >= 15 is 0 Å². The van der Waals surface area contributed by atoms with Gasteiger partial charge in [-0.15, -0.1) is 0 Å². The van der Waals surface area contributed by atoms with E-state index in [1.165, 1.54) is 12.1 Å². The lowest BCUT2D eigenvalue weighted by atomic mass is 10.0. The van der Waals surface area contributed by atoms with Crippen molar-refractivity contribution in [1.29, 1.82) is 0 Å². The summed E-state index contributed by atoms with van der Waals surface area (Å²) in [4.78, 5) is 29.9. The number of aromatic nitrogens is 2. The third kappa shape index (κ3) is 3.23. The van der Waals surface area contributed by atoms with Gasteiger partial charge in [0.15, 0.2) is 0 Å². The van der Waals surface area contributed by atoms with Gasteiger partial charge in [-0.25, -0.2) is 9.18 Å². The average Bonchev–Trinajstić information content (AvgIpc) is 3.43. The Balaban J connectivity index is 1.93. The molecular weight excluding hydrogens is 395 g/mol. The summed E-state index contributed by atoms with van der Waals surface area (Å²) >= 11 is 0.